The molecule has 0 saturated heterocycles. The lowest BCUT2D eigenvalue weighted by atomic mass is 10.2. The first kappa shape index (κ1) is 16.0. The van der Waals surface area contributed by atoms with Crippen LogP contribution in [-0.2, 0) is 13.3 Å². The lowest BCUT2D eigenvalue weighted by Gasteiger charge is -2.21. The van der Waals surface area contributed by atoms with E-state index in [9.17, 15) is 0 Å². The van der Waals surface area contributed by atoms with Gasteiger partial charge in [-0.2, -0.15) is 0 Å². The van der Waals surface area contributed by atoms with Crippen molar-refractivity contribution in [2.75, 3.05) is 28.4 Å². The third-order valence-electron chi connectivity index (χ3n) is 2.15. The third kappa shape index (κ3) is 5.76. The first-order valence-corrected chi connectivity index (χ1v) is 6.92. The molecule has 1 N–H and O–H groups in total. The molecule has 1 rings (SSSR count). The number of nitrogens with one attached hydrogen (secondary N) is 1. The predicted molar refractivity (Wildman–Crippen MR) is 72.4 cm³/mol. The summed E-state index contributed by atoms with van der Waals surface area (Å²) in [6.45, 7) is 3.63. The molecule has 0 unspecified atom stereocenters. The van der Waals surface area contributed by atoms with E-state index in [0.29, 0.717) is 0 Å². The molecule has 0 atom stereocenters. The molecule has 0 spiro atoms. The molecule has 1 aromatic rings. The average Bonchev–Trinajstić information content (AvgIpc) is 2.44. The Morgan fingerprint density at radius 1 is 1.06 bits per heavy atom. The molecule has 0 heterocycles. The van der Waals surface area contributed by atoms with E-state index in [0.717, 1.165) is 0 Å². The first-order valence-electron chi connectivity index (χ1n) is 5.19. The van der Waals surface area contributed by atoms with E-state index in [1.807, 2.05) is 36.4 Å². The number of benzene rings is 1. The van der Waals surface area contributed by atoms with Gasteiger partial charge in [0.05, 0.1) is 0 Å². The highest BCUT2D eigenvalue weighted by molar-refractivity contribution is 6.57. The Balaban J connectivity index is 0.000000302. The summed E-state index contributed by atoms with van der Waals surface area (Å²) in [5, 5.41) is 0. The zero-order valence-electron chi connectivity index (χ0n) is 10.9. The highest BCUT2D eigenvalue weighted by Crippen LogP contribution is 1.98. The maximum Gasteiger partial charge on any atom is 0.595 e. The van der Waals surface area contributed by atoms with Crippen molar-refractivity contribution in [1.29, 1.82) is 0 Å². The van der Waals surface area contributed by atoms with Crippen LogP contribution in [0.2, 0.25) is 0 Å². The Labute approximate surface area is 105 Å². The van der Waals surface area contributed by atoms with Gasteiger partial charge in [-0.3, -0.25) is 4.98 Å². The van der Waals surface area contributed by atoms with Crippen LogP contribution < -0.4 is 4.98 Å². The monoisotopic (exact) mass is 255 g/mol. The van der Waals surface area contributed by atoms with Gasteiger partial charge in [-0.25, -0.2) is 0 Å². The summed E-state index contributed by atoms with van der Waals surface area (Å²) in [6, 6.07) is 10.0. The van der Waals surface area contributed by atoms with Crippen LogP contribution in [0.5, 0.6) is 0 Å². The molecule has 0 bridgehead atoms. The van der Waals surface area contributed by atoms with Gasteiger partial charge < -0.3 is 13.3 Å². The molecule has 0 radical (unpaired) electrons. The summed E-state index contributed by atoms with van der Waals surface area (Å²) in [5.41, 5.74) is 1.17. The van der Waals surface area contributed by atoms with E-state index in [2.05, 4.69) is 11.6 Å². The maximum atomic E-state index is 4.97. The van der Waals surface area contributed by atoms with Crippen molar-refractivity contribution in [3.8, 4) is 0 Å². The minimum absolute atomic E-state index is 1.17. The molecule has 96 valence electrons. The van der Waals surface area contributed by atoms with E-state index in [-0.39, 0.29) is 0 Å². The Hall–Kier alpha value is -0.983. The van der Waals surface area contributed by atoms with E-state index in [4.69, 9.17) is 13.3 Å². The quantitative estimate of drug-likeness (QED) is 0.816. The molecular formula is C12H21NO3Si. The number of hydrogen-bond donors (Lipinski definition) is 1. The van der Waals surface area contributed by atoms with Gasteiger partial charge in [0.15, 0.2) is 0 Å². The van der Waals surface area contributed by atoms with Gasteiger partial charge in [-0.1, -0.05) is 43.0 Å². The summed E-state index contributed by atoms with van der Waals surface area (Å²) in [7, 11) is 3.95. The Morgan fingerprint density at radius 3 is 1.71 bits per heavy atom. The molecule has 0 aliphatic carbocycles. The van der Waals surface area contributed by atoms with Gasteiger partial charge in [-0.15, -0.1) is 0 Å². The van der Waals surface area contributed by atoms with Crippen LogP contribution in [0.4, 0.5) is 0 Å². The first-order chi connectivity index (χ1) is 8.17. The van der Waals surface area contributed by atoms with E-state index in [1.54, 1.807) is 28.4 Å². The highest BCUT2D eigenvalue weighted by Gasteiger charge is 2.36. The van der Waals surface area contributed by atoms with Gasteiger partial charge in [0.25, 0.3) is 0 Å². The smallest absolute Gasteiger partial charge is 0.364 e. The van der Waals surface area contributed by atoms with Gasteiger partial charge in [0.2, 0.25) is 0 Å². The lowest BCUT2D eigenvalue weighted by Crippen LogP contribution is -2.55. The second kappa shape index (κ2) is 9.09. The lowest BCUT2D eigenvalue weighted by molar-refractivity contribution is 0.113. The Morgan fingerprint density at radius 2 is 1.53 bits per heavy atom. The van der Waals surface area contributed by atoms with Gasteiger partial charge in [0.1, 0.15) is 0 Å². The highest BCUT2D eigenvalue weighted by atomic mass is 28.4. The average molecular weight is 255 g/mol. The Kier molecular flexibility index (Phi) is 8.56. The minimum atomic E-state index is -2.44. The second-order valence-electron chi connectivity index (χ2n) is 3.03. The molecule has 1 aromatic carbocycles. The van der Waals surface area contributed by atoms with Gasteiger partial charge in [-0.05, 0) is 12.6 Å². The molecule has 4 nitrogen and oxygen atoms in total. The van der Waals surface area contributed by atoms with E-state index < -0.39 is 8.97 Å². The summed E-state index contributed by atoms with van der Waals surface area (Å²) in [4.78, 5) is 2.84. The third-order valence-corrected chi connectivity index (χ3v) is 4.37. The Bertz CT molecular complexity index is 284. The fraction of sp³-hybridized carbons (Fsp3) is 0.333. The van der Waals surface area contributed by atoms with Gasteiger partial charge in [0, 0.05) is 21.3 Å². The fourth-order valence-corrected chi connectivity index (χ4v) is 2.26. The zero-order valence-corrected chi connectivity index (χ0v) is 11.9. The van der Waals surface area contributed by atoms with Crippen LogP contribution in [-0.4, -0.2) is 37.3 Å². The molecule has 5 heteroatoms. The van der Waals surface area contributed by atoms with Gasteiger partial charge >= 0.3 is 8.97 Å². The standard InChI is InChI=1S/C8H8.C4H13NO3Si/c1-2-8-6-4-3-5-7-8;1-5-9(6-2,7-3)8-4/h2-7H,1H2;5H,1-4H3. The van der Waals surface area contributed by atoms with E-state index in [1.165, 1.54) is 5.56 Å². The number of hydrogen-bond acceptors (Lipinski definition) is 4. The van der Waals surface area contributed by atoms with Crippen LogP contribution >= 0.6 is 0 Å². The van der Waals surface area contributed by atoms with Crippen molar-refractivity contribution in [3.05, 3.63) is 42.5 Å². The maximum absolute atomic E-state index is 4.97. The summed E-state index contributed by atoms with van der Waals surface area (Å²) >= 11 is 0. The van der Waals surface area contributed by atoms with Crippen LogP contribution in [0, 0.1) is 0 Å². The van der Waals surface area contributed by atoms with Crippen molar-refractivity contribution >= 4 is 15.0 Å². The van der Waals surface area contributed by atoms with Crippen molar-refractivity contribution in [1.82, 2.24) is 4.98 Å². The topological polar surface area (TPSA) is 39.7 Å². The van der Waals surface area contributed by atoms with Crippen LogP contribution in [0.1, 0.15) is 5.56 Å². The molecule has 17 heavy (non-hydrogen) atoms. The van der Waals surface area contributed by atoms with Crippen molar-refractivity contribution in [2.45, 2.75) is 0 Å². The SMILES string of the molecule is C=Cc1ccccc1.CN[Si](OC)(OC)OC. The summed E-state index contributed by atoms with van der Waals surface area (Å²) in [5.74, 6) is 0. The van der Waals surface area contributed by atoms with E-state index >= 15 is 0 Å². The van der Waals surface area contributed by atoms with Crippen LogP contribution in [0.15, 0.2) is 36.9 Å². The van der Waals surface area contributed by atoms with Crippen LogP contribution in [0.3, 0.4) is 0 Å². The molecule has 0 aromatic heterocycles. The summed E-state index contributed by atoms with van der Waals surface area (Å²) < 4.78 is 14.9. The molecule has 0 aliphatic rings. The van der Waals surface area contributed by atoms with Crippen molar-refractivity contribution in [3.63, 3.8) is 0 Å². The molecule has 0 amide bonds. The minimum Gasteiger partial charge on any atom is -0.364 e. The molecule has 0 fully saturated rings. The number of rotatable bonds is 5. The predicted octanol–water partition coefficient (Wildman–Crippen LogP) is 1.91. The molecule has 0 saturated carbocycles. The molecule has 0 aliphatic heterocycles. The summed E-state index contributed by atoms with van der Waals surface area (Å²) in [6.07, 6.45) is 1.83. The van der Waals surface area contributed by atoms with Crippen molar-refractivity contribution < 1.29 is 13.3 Å². The largest absolute Gasteiger partial charge is 0.595 e. The zero-order chi connectivity index (χ0) is 13.1. The van der Waals surface area contributed by atoms with Crippen LogP contribution in [0.25, 0.3) is 6.08 Å². The normalized spacial score (nSPS) is 10.4. The fourth-order valence-electron chi connectivity index (χ4n) is 1.15. The van der Waals surface area contributed by atoms with Crippen molar-refractivity contribution in [2.24, 2.45) is 0 Å². The molecular weight excluding hydrogens is 234 g/mol. The second-order valence-corrected chi connectivity index (χ2v) is 5.87.